The maximum atomic E-state index is 12.8. The summed E-state index contributed by atoms with van der Waals surface area (Å²) in [5.41, 5.74) is 0.682. The normalized spacial score (nSPS) is 12.5. The summed E-state index contributed by atoms with van der Waals surface area (Å²) in [5, 5.41) is 3.49. The van der Waals surface area contributed by atoms with Crippen molar-refractivity contribution in [2.75, 3.05) is 6.54 Å². The molecule has 2 nitrogen and oxygen atoms in total. The van der Waals surface area contributed by atoms with Crippen LogP contribution in [0.1, 0.15) is 25.8 Å². The van der Waals surface area contributed by atoms with Gasteiger partial charge in [0.15, 0.2) is 0 Å². The van der Waals surface area contributed by atoms with Crippen LogP contribution in [0.25, 0.3) is 0 Å². The summed E-state index contributed by atoms with van der Waals surface area (Å²) >= 11 is 5.86. The van der Waals surface area contributed by atoms with Gasteiger partial charge in [-0.05, 0) is 31.2 Å². The highest BCUT2D eigenvalue weighted by Gasteiger charge is 2.11. The average Bonchev–Trinajstić information content (AvgIpc) is 2.22. The summed E-state index contributed by atoms with van der Waals surface area (Å²) < 4.78 is 12.8. The fourth-order valence-corrected chi connectivity index (χ4v) is 1.95. The van der Waals surface area contributed by atoms with Crippen LogP contribution in [0.2, 0.25) is 5.02 Å². The molecule has 94 valence electrons. The Kier molecular flexibility index (Phi) is 5.59. The highest BCUT2D eigenvalue weighted by Crippen LogP contribution is 2.18. The Hall–Kier alpha value is -0.930. The van der Waals surface area contributed by atoms with Gasteiger partial charge in [-0.25, -0.2) is 4.39 Å². The van der Waals surface area contributed by atoms with E-state index in [-0.39, 0.29) is 24.1 Å². The van der Waals surface area contributed by atoms with Gasteiger partial charge in [0, 0.05) is 23.9 Å². The fraction of sp³-hybridized carbons (Fsp3) is 0.462. The molecule has 0 radical (unpaired) electrons. The Morgan fingerprint density at radius 2 is 2.24 bits per heavy atom. The minimum Gasteiger partial charge on any atom is -0.314 e. The molecule has 4 heteroatoms. The predicted molar refractivity (Wildman–Crippen MR) is 67.9 cm³/mol. The van der Waals surface area contributed by atoms with Crippen molar-refractivity contribution in [3.05, 3.63) is 34.6 Å². The summed E-state index contributed by atoms with van der Waals surface area (Å²) in [4.78, 5) is 11.7. The zero-order chi connectivity index (χ0) is 12.8. The molecular formula is C13H17ClFNO. The van der Waals surface area contributed by atoms with Crippen molar-refractivity contribution < 1.29 is 9.18 Å². The molecule has 17 heavy (non-hydrogen) atoms. The van der Waals surface area contributed by atoms with E-state index >= 15 is 0 Å². The van der Waals surface area contributed by atoms with Crippen LogP contribution in [0, 0.1) is 5.82 Å². The lowest BCUT2D eigenvalue weighted by Crippen LogP contribution is -2.28. The van der Waals surface area contributed by atoms with Crippen LogP contribution in [0.3, 0.4) is 0 Å². The number of benzene rings is 1. The van der Waals surface area contributed by atoms with Gasteiger partial charge >= 0.3 is 0 Å². The molecule has 0 amide bonds. The van der Waals surface area contributed by atoms with Crippen molar-refractivity contribution >= 4 is 17.4 Å². The number of carbonyl (C=O) groups is 1. The molecule has 0 saturated carbocycles. The van der Waals surface area contributed by atoms with Crippen molar-refractivity contribution in [1.29, 1.82) is 0 Å². The second-order valence-electron chi connectivity index (χ2n) is 4.11. The Morgan fingerprint density at radius 3 is 2.82 bits per heavy atom. The number of rotatable bonds is 6. The van der Waals surface area contributed by atoms with Crippen LogP contribution in [0.15, 0.2) is 18.2 Å². The lowest BCUT2D eigenvalue weighted by molar-refractivity contribution is -0.118. The van der Waals surface area contributed by atoms with Gasteiger partial charge in [0.2, 0.25) is 0 Å². The van der Waals surface area contributed by atoms with E-state index in [4.69, 9.17) is 11.6 Å². The van der Waals surface area contributed by atoms with Gasteiger partial charge in [-0.1, -0.05) is 24.6 Å². The van der Waals surface area contributed by atoms with Crippen molar-refractivity contribution in [3.63, 3.8) is 0 Å². The lowest BCUT2D eigenvalue weighted by atomic mass is 10.0. The highest BCUT2D eigenvalue weighted by atomic mass is 35.5. The summed E-state index contributed by atoms with van der Waals surface area (Å²) in [6, 6.07) is 4.28. The second-order valence-corrected chi connectivity index (χ2v) is 4.52. The van der Waals surface area contributed by atoms with Gasteiger partial charge in [0.1, 0.15) is 11.6 Å². The minimum absolute atomic E-state index is 0.104. The lowest BCUT2D eigenvalue weighted by Gasteiger charge is -2.11. The molecule has 1 atom stereocenters. The molecule has 0 spiro atoms. The van der Waals surface area contributed by atoms with Crippen LogP contribution in [-0.4, -0.2) is 18.4 Å². The number of hydrogen-bond acceptors (Lipinski definition) is 2. The first-order valence-electron chi connectivity index (χ1n) is 5.72. The molecule has 1 N–H and O–H groups in total. The van der Waals surface area contributed by atoms with E-state index in [1.807, 2.05) is 13.8 Å². The molecule has 0 aliphatic rings. The van der Waals surface area contributed by atoms with Crippen molar-refractivity contribution in [2.45, 2.75) is 32.7 Å². The van der Waals surface area contributed by atoms with E-state index in [1.54, 1.807) is 6.07 Å². The van der Waals surface area contributed by atoms with Crippen LogP contribution in [0.5, 0.6) is 0 Å². The first-order chi connectivity index (χ1) is 8.02. The molecule has 1 aromatic rings. The molecule has 0 saturated heterocycles. The third kappa shape index (κ3) is 4.84. The highest BCUT2D eigenvalue weighted by molar-refractivity contribution is 6.31. The average molecular weight is 258 g/mol. The smallest absolute Gasteiger partial charge is 0.138 e. The summed E-state index contributed by atoms with van der Waals surface area (Å²) in [7, 11) is 0. The molecule has 1 rings (SSSR count). The van der Waals surface area contributed by atoms with E-state index in [0.717, 1.165) is 6.54 Å². The van der Waals surface area contributed by atoms with Crippen molar-refractivity contribution in [3.8, 4) is 0 Å². The first-order valence-corrected chi connectivity index (χ1v) is 6.09. The third-order valence-corrected chi connectivity index (χ3v) is 2.84. The molecule has 0 fully saturated rings. The third-order valence-electron chi connectivity index (χ3n) is 2.49. The number of nitrogens with one attached hydrogen (secondary N) is 1. The second kappa shape index (κ2) is 6.72. The van der Waals surface area contributed by atoms with Gasteiger partial charge in [0.05, 0.1) is 0 Å². The van der Waals surface area contributed by atoms with Crippen LogP contribution in [0.4, 0.5) is 4.39 Å². The predicted octanol–water partition coefficient (Wildman–Crippen LogP) is 2.98. The Labute approximate surface area is 106 Å². The molecule has 0 aliphatic carbocycles. The van der Waals surface area contributed by atoms with E-state index in [0.29, 0.717) is 17.0 Å². The van der Waals surface area contributed by atoms with Gasteiger partial charge in [-0.3, -0.25) is 4.79 Å². The zero-order valence-electron chi connectivity index (χ0n) is 10.1. The first kappa shape index (κ1) is 14.1. The number of carbonyl (C=O) groups excluding carboxylic acids is 1. The van der Waals surface area contributed by atoms with Crippen LogP contribution in [-0.2, 0) is 11.2 Å². The number of halogens is 2. The molecule has 1 aromatic carbocycles. The van der Waals surface area contributed by atoms with E-state index in [2.05, 4.69) is 5.32 Å². The summed E-state index contributed by atoms with van der Waals surface area (Å²) in [5.74, 6) is -0.279. The summed E-state index contributed by atoms with van der Waals surface area (Å²) in [6.45, 7) is 4.80. The molecule has 0 bridgehead atoms. The standard InChI is InChI=1S/C13H17ClFNO/c1-3-16-9(2)6-12(17)7-10-4-5-11(15)8-13(10)14/h4-5,8-9,16H,3,6-7H2,1-2H3. The van der Waals surface area contributed by atoms with Gasteiger partial charge < -0.3 is 5.32 Å². The monoisotopic (exact) mass is 257 g/mol. The number of hydrogen-bond donors (Lipinski definition) is 1. The van der Waals surface area contributed by atoms with Crippen LogP contribution >= 0.6 is 11.6 Å². The Balaban J connectivity index is 2.56. The largest absolute Gasteiger partial charge is 0.314 e. The number of ketones is 1. The summed E-state index contributed by atoms with van der Waals surface area (Å²) in [6.07, 6.45) is 0.719. The van der Waals surface area contributed by atoms with Gasteiger partial charge in [0.25, 0.3) is 0 Å². The van der Waals surface area contributed by atoms with Gasteiger partial charge in [-0.15, -0.1) is 0 Å². The topological polar surface area (TPSA) is 29.1 Å². The maximum Gasteiger partial charge on any atom is 0.138 e. The van der Waals surface area contributed by atoms with E-state index < -0.39 is 0 Å². The molecule has 0 aromatic heterocycles. The fourth-order valence-electron chi connectivity index (χ4n) is 1.71. The zero-order valence-corrected chi connectivity index (χ0v) is 10.9. The molecular weight excluding hydrogens is 241 g/mol. The quantitative estimate of drug-likeness (QED) is 0.849. The molecule has 1 unspecified atom stereocenters. The van der Waals surface area contributed by atoms with E-state index in [1.165, 1.54) is 12.1 Å². The maximum absolute atomic E-state index is 12.8. The van der Waals surface area contributed by atoms with Crippen LogP contribution < -0.4 is 5.32 Å². The molecule has 0 heterocycles. The van der Waals surface area contributed by atoms with E-state index in [9.17, 15) is 9.18 Å². The SMILES string of the molecule is CCNC(C)CC(=O)Cc1ccc(F)cc1Cl. The van der Waals surface area contributed by atoms with Crippen molar-refractivity contribution in [2.24, 2.45) is 0 Å². The minimum atomic E-state index is -0.382. The Bertz CT molecular complexity index is 395. The molecule has 0 aliphatic heterocycles. The van der Waals surface area contributed by atoms with Crippen molar-refractivity contribution in [1.82, 2.24) is 5.32 Å². The van der Waals surface area contributed by atoms with Gasteiger partial charge in [-0.2, -0.15) is 0 Å². The number of Topliss-reactive ketones (excluding diaryl/α,β-unsaturated/α-hetero) is 1. The Morgan fingerprint density at radius 1 is 1.53 bits per heavy atom.